The third-order valence-corrected chi connectivity index (χ3v) is 5.21. The van der Waals surface area contributed by atoms with Crippen molar-refractivity contribution < 1.29 is 19.0 Å². The molecule has 0 saturated carbocycles. The van der Waals surface area contributed by atoms with Gasteiger partial charge >= 0.3 is 6.03 Å². The number of hydrogen-bond acceptors (Lipinski definition) is 4. The Labute approximate surface area is 193 Å². The number of urea groups is 1. The molecule has 0 aliphatic rings. The Morgan fingerprint density at radius 2 is 1.78 bits per heavy atom. The molecule has 1 N–H and O–H groups in total. The molecule has 0 fully saturated rings. The maximum atomic E-state index is 13.1. The lowest BCUT2D eigenvalue weighted by atomic mass is 10.2. The van der Waals surface area contributed by atoms with Gasteiger partial charge in [0.15, 0.2) is 0 Å². The summed E-state index contributed by atoms with van der Waals surface area (Å²) in [6.07, 6.45) is 2.00. The minimum absolute atomic E-state index is 0.243. The van der Waals surface area contributed by atoms with E-state index >= 15 is 0 Å². The van der Waals surface area contributed by atoms with Gasteiger partial charge in [0.25, 0.3) is 0 Å². The number of rotatable bonds is 10. The van der Waals surface area contributed by atoms with E-state index in [1.54, 1.807) is 44.4 Å². The number of nitrogens with zero attached hydrogens (tertiary/aromatic N) is 2. The lowest BCUT2D eigenvalue weighted by Crippen LogP contribution is -2.37. The van der Waals surface area contributed by atoms with Crippen LogP contribution >= 0.6 is 11.6 Å². The average Bonchev–Trinajstić information content (AvgIpc) is 3.22. The number of methoxy groups -OCH3 is 3. The number of halogens is 1. The van der Waals surface area contributed by atoms with Gasteiger partial charge in [-0.15, -0.1) is 0 Å². The smallest absolute Gasteiger partial charge is 0.322 e. The van der Waals surface area contributed by atoms with Gasteiger partial charge in [-0.2, -0.15) is 0 Å². The Bertz CT molecular complexity index is 1020. The molecule has 0 bridgehead atoms. The van der Waals surface area contributed by atoms with Crippen molar-refractivity contribution in [3.63, 3.8) is 0 Å². The number of aromatic nitrogens is 1. The van der Waals surface area contributed by atoms with Crippen LogP contribution in [0, 0.1) is 0 Å². The molecule has 0 radical (unpaired) electrons. The third kappa shape index (κ3) is 6.42. The number of anilines is 1. The highest BCUT2D eigenvalue weighted by Gasteiger charge is 2.17. The van der Waals surface area contributed by atoms with Crippen molar-refractivity contribution in [1.82, 2.24) is 9.47 Å². The molecule has 0 saturated heterocycles. The number of benzene rings is 2. The first kappa shape index (κ1) is 23.5. The predicted molar refractivity (Wildman–Crippen MR) is 126 cm³/mol. The Morgan fingerprint density at radius 3 is 2.44 bits per heavy atom. The van der Waals surface area contributed by atoms with Crippen molar-refractivity contribution in [2.24, 2.45) is 0 Å². The molecule has 170 valence electrons. The van der Waals surface area contributed by atoms with E-state index in [2.05, 4.69) is 9.88 Å². The van der Waals surface area contributed by atoms with Gasteiger partial charge in [-0.1, -0.05) is 23.7 Å². The fraction of sp³-hybridized carbons (Fsp3) is 0.292. The highest BCUT2D eigenvalue weighted by atomic mass is 35.5. The zero-order chi connectivity index (χ0) is 22.9. The zero-order valence-corrected chi connectivity index (χ0v) is 19.3. The first-order valence-electron chi connectivity index (χ1n) is 10.2. The van der Waals surface area contributed by atoms with Gasteiger partial charge in [0.1, 0.15) is 11.5 Å². The van der Waals surface area contributed by atoms with Crippen molar-refractivity contribution in [3.05, 3.63) is 77.1 Å². The van der Waals surface area contributed by atoms with Crippen LogP contribution in [0.3, 0.4) is 0 Å². The summed E-state index contributed by atoms with van der Waals surface area (Å²) in [5.74, 6) is 1.19. The fourth-order valence-corrected chi connectivity index (χ4v) is 3.52. The molecule has 7 nitrogen and oxygen atoms in total. The van der Waals surface area contributed by atoms with Gasteiger partial charge in [0, 0.05) is 61.0 Å². The van der Waals surface area contributed by atoms with Gasteiger partial charge in [0.2, 0.25) is 0 Å². The molecule has 0 aliphatic heterocycles. The molecule has 32 heavy (non-hydrogen) atoms. The Balaban J connectivity index is 1.76. The van der Waals surface area contributed by atoms with E-state index in [9.17, 15) is 4.79 Å². The van der Waals surface area contributed by atoms with Crippen LogP contribution in [0.1, 0.15) is 11.3 Å². The first-order valence-corrected chi connectivity index (χ1v) is 10.6. The normalized spacial score (nSPS) is 10.6. The second-order valence-electron chi connectivity index (χ2n) is 7.20. The maximum absolute atomic E-state index is 13.1. The van der Waals surface area contributed by atoms with Crippen molar-refractivity contribution in [1.29, 1.82) is 0 Å². The van der Waals surface area contributed by atoms with Crippen LogP contribution in [-0.2, 0) is 17.8 Å². The summed E-state index contributed by atoms with van der Waals surface area (Å²) in [7, 11) is 4.75. The molecule has 8 heteroatoms. The minimum atomic E-state index is -0.243. The molecule has 0 unspecified atom stereocenters. The summed E-state index contributed by atoms with van der Waals surface area (Å²) in [5, 5.41) is 3.63. The van der Waals surface area contributed by atoms with Crippen LogP contribution in [0.5, 0.6) is 11.5 Å². The molecular formula is C24H28ClN3O4. The molecule has 2 amide bonds. The first-order chi connectivity index (χ1) is 15.5. The standard InChI is InChI=1S/C24H28ClN3O4/c1-30-11-10-28(24(29)26-20-13-22(31-2)15-23(14-20)32-3)17-21-8-5-9-27(21)16-18-6-4-7-19(25)12-18/h4-9,12-15H,10-11,16-17H2,1-3H3,(H,26,29). The van der Waals surface area contributed by atoms with Crippen molar-refractivity contribution in [3.8, 4) is 11.5 Å². The van der Waals surface area contributed by atoms with Crippen molar-refractivity contribution >= 4 is 23.3 Å². The highest BCUT2D eigenvalue weighted by Crippen LogP contribution is 2.26. The highest BCUT2D eigenvalue weighted by molar-refractivity contribution is 6.30. The molecular weight excluding hydrogens is 430 g/mol. The van der Waals surface area contributed by atoms with Gasteiger partial charge in [0.05, 0.1) is 27.4 Å². The van der Waals surface area contributed by atoms with E-state index in [1.807, 2.05) is 42.6 Å². The van der Waals surface area contributed by atoms with E-state index in [-0.39, 0.29) is 6.03 Å². The largest absolute Gasteiger partial charge is 0.497 e. The molecule has 3 rings (SSSR count). The number of amides is 2. The van der Waals surface area contributed by atoms with Gasteiger partial charge in [-0.3, -0.25) is 0 Å². The number of nitrogens with one attached hydrogen (secondary N) is 1. The molecule has 2 aromatic carbocycles. The predicted octanol–water partition coefficient (Wildman–Crippen LogP) is 4.89. The fourth-order valence-electron chi connectivity index (χ4n) is 3.31. The topological polar surface area (TPSA) is 65.0 Å². The van der Waals surface area contributed by atoms with Crippen molar-refractivity contribution in [2.75, 3.05) is 39.8 Å². The second-order valence-corrected chi connectivity index (χ2v) is 7.64. The lowest BCUT2D eigenvalue weighted by Gasteiger charge is -2.24. The summed E-state index contributed by atoms with van der Waals surface area (Å²) in [6.45, 7) is 1.94. The number of carbonyl (C=O) groups excluding carboxylic acids is 1. The van der Waals surface area contributed by atoms with Crippen LogP contribution < -0.4 is 14.8 Å². The Hall–Kier alpha value is -3.16. The number of hydrogen-bond donors (Lipinski definition) is 1. The van der Waals surface area contributed by atoms with Gasteiger partial charge in [-0.25, -0.2) is 4.79 Å². The molecule has 3 aromatic rings. The number of ether oxygens (including phenoxy) is 3. The third-order valence-electron chi connectivity index (χ3n) is 4.97. The SMILES string of the molecule is COCCN(Cc1cccn1Cc1cccc(Cl)c1)C(=O)Nc1cc(OC)cc(OC)c1. The maximum Gasteiger partial charge on any atom is 0.322 e. The van der Waals surface area contributed by atoms with Crippen LogP contribution in [-0.4, -0.2) is 50.0 Å². The van der Waals surface area contributed by atoms with E-state index in [4.69, 9.17) is 25.8 Å². The van der Waals surface area contributed by atoms with Crippen LogP contribution in [0.4, 0.5) is 10.5 Å². The molecule has 1 heterocycles. The molecule has 0 aliphatic carbocycles. The van der Waals surface area contributed by atoms with E-state index in [1.165, 1.54) is 0 Å². The Kier molecular flexibility index (Phi) is 8.41. The van der Waals surface area contributed by atoms with Crippen LogP contribution in [0.25, 0.3) is 0 Å². The number of carbonyl (C=O) groups is 1. The van der Waals surface area contributed by atoms with E-state index in [0.717, 1.165) is 11.3 Å². The summed E-state index contributed by atoms with van der Waals surface area (Å²) in [5.41, 5.74) is 2.67. The van der Waals surface area contributed by atoms with Crippen LogP contribution in [0.2, 0.25) is 5.02 Å². The molecule has 0 atom stereocenters. The van der Waals surface area contributed by atoms with Gasteiger partial charge < -0.3 is 29.0 Å². The summed E-state index contributed by atoms with van der Waals surface area (Å²) in [4.78, 5) is 14.8. The second kappa shape index (κ2) is 11.5. The van der Waals surface area contributed by atoms with E-state index in [0.29, 0.717) is 48.5 Å². The molecule has 0 spiro atoms. The summed E-state index contributed by atoms with van der Waals surface area (Å²) >= 11 is 6.13. The average molecular weight is 458 g/mol. The lowest BCUT2D eigenvalue weighted by molar-refractivity contribution is 0.152. The van der Waals surface area contributed by atoms with E-state index < -0.39 is 0 Å². The Morgan fingerprint density at radius 1 is 1.03 bits per heavy atom. The summed E-state index contributed by atoms with van der Waals surface area (Å²) < 4.78 is 17.9. The summed E-state index contributed by atoms with van der Waals surface area (Å²) in [6, 6.07) is 16.7. The van der Waals surface area contributed by atoms with Gasteiger partial charge in [-0.05, 0) is 29.8 Å². The monoisotopic (exact) mass is 457 g/mol. The molecule has 1 aromatic heterocycles. The van der Waals surface area contributed by atoms with Crippen molar-refractivity contribution in [2.45, 2.75) is 13.1 Å². The minimum Gasteiger partial charge on any atom is -0.497 e. The van der Waals surface area contributed by atoms with Crippen LogP contribution in [0.15, 0.2) is 60.8 Å². The quantitative estimate of drug-likeness (QED) is 0.471. The zero-order valence-electron chi connectivity index (χ0n) is 18.5.